The Kier molecular flexibility index (Phi) is 5.82. The molecule has 3 N–H and O–H groups in total. The summed E-state index contributed by atoms with van der Waals surface area (Å²) in [6.07, 6.45) is 1.02. The van der Waals surface area contributed by atoms with Crippen molar-refractivity contribution >= 4 is 17.6 Å². The van der Waals surface area contributed by atoms with Crippen LogP contribution in [-0.4, -0.2) is 17.9 Å². The van der Waals surface area contributed by atoms with E-state index in [0.29, 0.717) is 0 Å². The number of hydrogen-bond acceptors (Lipinski definition) is 4. The second-order valence-electron chi connectivity index (χ2n) is 5.42. The van der Waals surface area contributed by atoms with E-state index in [1.165, 1.54) is 0 Å². The lowest BCUT2D eigenvalue weighted by Gasteiger charge is -2.19. The van der Waals surface area contributed by atoms with Crippen LogP contribution >= 0.6 is 11.9 Å². The first-order valence-electron chi connectivity index (χ1n) is 6.26. The minimum absolute atomic E-state index is 0.166. The van der Waals surface area contributed by atoms with Crippen molar-refractivity contribution in [3.05, 3.63) is 23.8 Å². The summed E-state index contributed by atoms with van der Waals surface area (Å²) < 4.78 is 9.06. The van der Waals surface area contributed by atoms with Crippen LogP contribution in [0.2, 0.25) is 0 Å². The van der Waals surface area contributed by atoms with E-state index in [0.717, 1.165) is 35.8 Å². The zero-order valence-corrected chi connectivity index (χ0v) is 12.6. The molecular weight excluding hydrogens is 244 g/mol. The van der Waals surface area contributed by atoms with Gasteiger partial charge in [-0.05, 0) is 57.9 Å². The van der Waals surface area contributed by atoms with Crippen LogP contribution in [0.25, 0.3) is 0 Å². The monoisotopic (exact) mass is 268 g/mol. The maximum atomic E-state index is 5.76. The highest BCUT2D eigenvalue weighted by molar-refractivity contribution is 7.97. The third-order valence-electron chi connectivity index (χ3n) is 2.28. The Labute approximate surface area is 115 Å². The van der Waals surface area contributed by atoms with E-state index >= 15 is 0 Å². The number of nitrogens with one attached hydrogen (secondary N) is 1. The van der Waals surface area contributed by atoms with Crippen molar-refractivity contribution < 1.29 is 4.74 Å². The lowest BCUT2D eigenvalue weighted by Crippen LogP contribution is -2.30. The predicted molar refractivity (Wildman–Crippen MR) is 81.1 cm³/mol. The predicted octanol–water partition coefficient (Wildman–Crippen LogP) is 3.38. The molecule has 0 bridgehead atoms. The summed E-state index contributed by atoms with van der Waals surface area (Å²) in [6.45, 7) is 9.21. The quantitative estimate of drug-likeness (QED) is 0.472. The Morgan fingerprint density at radius 1 is 1.33 bits per heavy atom. The van der Waals surface area contributed by atoms with Gasteiger partial charge in [0.25, 0.3) is 0 Å². The van der Waals surface area contributed by atoms with Crippen molar-refractivity contribution in [1.29, 1.82) is 0 Å². The molecule has 0 fully saturated rings. The van der Waals surface area contributed by atoms with Gasteiger partial charge < -0.3 is 10.5 Å². The standard InChI is InChI=1S/C14H24N2OS/c1-11-10-12(6-7-13(11)15)17-8-5-9-18-16-14(2,3)4/h6-7,10,16H,5,8-9,15H2,1-4H3. The van der Waals surface area contributed by atoms with Crippen LogP contribution in [0.5, 0.6) is 5.75 Å². The van der Waals surface area contributed by atoms with Crippen LogP contribution in [-0.2, 0) is 0 Å². The minimum atomic E-state index is 0.166. The normalized spacial score (nSPS) is 11.6. The summed E-state index contributed by atoms with van der Waals surface area (Å²) in [4.78, 5) is 0. The molecule has 0 spiro atoms. The van der Waals surface area contributed by atoms with Gasteiger partial charge in [0, 0.05) is 17.0 Å². The molecule has 0 radical (unpaired) electrons. The van der Waals surface area contributed by atoms with Crippen molar-refractivity contribution in [2.45, 2.75) is 39.7 Å². The number of nitrogens with two attached hydrogens (primary N) is 1. The van der Waals surface area contributed by atoms with Gasteiger partial charge in [0.05, 0.1) is 6.61 Å². The van der Waals surface area contributed by atoms with Crippen molar-refractivity contribution in [3.8, 4) is 5.75 Å². The third-order valence-corrected chi connectivity index (χ3v) is 3.53. The molecule has 0 unspecified atom stereocenters. The fourth-order valence-corrected chi connectivity index (χ4v) is 2.12. The highest BCUT2D eigenvalue weighted by Gasteiger charge is 2.07. The smallest absolute Gasteiger partial charge is 0.119 e. The third kappa shape index (κ3) is 6.17. The Morgan fingerprint density at radius 2 is 2.06 bits per heavy atom. The molecule has 1 aromatic rings. The fraction of sp³-hybridized carbons (Fsp3) is 0.571. The molecule has 1 aromatic carbocycles. The van der Waals surface area contributed by atoms with Gasteiger partial charge >= 0.3 is 0 Å². The Morgan fingerprint density at radius 3 is 2.67 bits per heavy atom. The van der Waals surface area contributed by atoms with E-state index in [9.17, 15) is 0 Å². The maximum Gasteiger partial charge on any atom is 0.119 e. The lowest BCUT2D eigenvalue weighted by molar-refractivity contribution is 0.318. The molecule has 0 atom stereocenters. The second kappa shape index (κ2) is 6.90. The Bertz CT molecular complexity index is 375. The van der Waals surface area contributed by atoms with Crippen LogP contribution in [0, 0.1) is 6.92 Å². The zero-order valence-electron chi connectivity index (χ0n) is 11.7. The molecule has 18 heavy (non-hydrogen) atoms. The van der Waals surface area contributed by atoms with E-state index in [2.05, 4.69) is 25.5 Å². The van der Waals surface area contributed by atoms with Gasteiger partial charge in [0.1, 0.15) is 5.75 Å². The van der Waals surface area contributed by atoms with Gasteiger partial charge in [-0.15, -0.1) is 0 Å². The molecule has 0 aliphatic rings. The summed E-state index contributed by atoms with van der Waals surface area (Å²) in [5.41, 5.74) is 7.80. The fourth-order valence-electron chi connectivity index (χ4n) is 1.33. The maximum absolute atomic E-state index is 5.76. The number of anilines is 1. The van der Waals surface area contributed by atoms with E-state index in [1.54, 1.807) is 11.9 Å². The van der Waals surface area contributed by atoms with Crippen LogP contribution in [0.3, 0.4) is 0 Å². The number of nitrogen functional groups attached to an aromatic ring is 1. The second-order valence-corrected chi connectivity index (χ2v) is 6.32. The van der Waals surface area contributed by atoms with Crippen molar-refractivity contribution in [1.82, 2.24) is 4.72 Å². The van der Waals surface area contributed by atoms with Crippen molar-refractivity contribution in [2.75, 3.05) is 18.1 Å². The van der Waals surface area contributed by atoms with Gasteiger partial charge in [-0.2, -0.15) is 0 Å². The van der Waals surface area contributed by atoms with Gasteiger partial charge in [0.15, 0.2) is 0 Å². The molecule has 0 aromatic heterocycles. The zero-order chi connectivity index (χ0) is 13.6. The van der Waals surface area contributed by atoms with E-state index in [-0.39, 0.29) is 5.54 Å². The minimum Gasteiger partial charge on any atom is -0.494 e. The summed E-state index contributed by atoms with van der Waals surface area (Å²) in [6, 6.07) is 5.79. The Balaban J connectivity index is 2.16. The SMILES string of the molecule is Cc1cc(OCCCSNC(C)(C)C)ccc1N. The van der Waals surface area contributed by atoms with Crippen molar-refractivity contribution in [3.63, 3.8) is 0 Å². The molecule has 0 aliphatic heterocycles. The molecule has 0 aliphatic carbocycles. The molecule has 0 saturated heterocycles. The average Bonchev–Trinajstić information content (AvgIpc) is 2.26. The molecule has 1 rings (SSSR count). The number of hydrogen-bond donors (Lipinski definition) is 2. The summed E-state index contributed by atoms with van der Waals surface area (Å²) >= 11 is 1.75. The first-order valence-corrected chi connectivity index (χ1v) is 7.25. The molecule has 0 heterocycles. The van der Waals surface area contributed by atoms with Gasteiger partial charge in [0.2, 0.25) is 0 Å². The van der Waals surface area contributed by atoms with E-state index in [1.807, 2.05) is 25.1 Å². The molecule has 4 heteroatoms. The number of aryl methyl sites for hydroxylation is 1. The molecule has 0 saturated carbocycles. The first kappa shape index (κ1) is 15.2. The van der Waals surface area contributed by atoms with Gasteiger partial charge in [-0.3, -0.25) is 4.72 Å². The summed E-state index contributed by atoms with van der Waals surface area (Å²) in [7, 11) is 0. The largest absolute Gasteiger partial charge is 0.494 e. The summed E-state index contributed by atoms with van der Waals surface area (Å²) in [5, 5.41) is 0. The molecule has 3 nitrogen and oxygen atoms in total. The van der Waals surface area contributed by atoms with Crippen LogP contribution in [0.15, 0.2) is 18.2 Å². The van der Waals surface area contributed by atoms with Crippen LogP contribution < -0.4 is 15.2 Å². The van der Waals surface area contributed by atoms with Gasteiger partial charge in [-0.1, -0.05) is 11.9 Å². The van der Waals surface area contributed by atoms with Gasteiger partial charge in [-0.25, -0.2) is 0 Å². The summed E-state index contributed by atoms with van der Waals surface area (Å²) in [5.74, 6) is 1.95. The average molecular weight is 268 g/mol. The van der Waals surface area contributed by atoms with E-state index < -0.39 is 0 Å². The topological polar surface area (TPSA) is 47.3 Å². The number of ether oxygens (including phenoxy) is 1. The lowest BCUT2D eigenvalue weighted by atomic mass is 10.1. The van der Waals surface area contributed by atoms with Crippen molar-refractivity contribution in [2.24, 2.45) is 0 Å². The van der Waals surface area contributed by atoms with Crippen LogP contribution in [0.1, 0.15) is 32.8 Å². The Hall–Kier alpha value is -0.870. The number of rotatable bonds is 6. The van der Waals surface area contributed by atoms with Crippen LogP contribution in [0.4, 0.5) is 5.69 Å². The number of benzene rings is 1. The molecule has 0 amide bonds. The van der Waals surface area contributed by atoms with E-state index in [4.69, 9.17) is 10.5 Å². The highest BCUT2D eigenvalue weighted by Crippen LogP contribution is 2.18. The molecular formula is C14H24N2OS. The molecule has 102 valence electrons. The first-order chi connectivity index (χ1) is 8.38. The highest BCUT2D eigenvalue weighted by atomic mass is 32.2.